The summed E-state index contributed by atoms with van der Waals surface area (Å²) in [4.78, 5) is 34.7. The predicted octanol–water partition coefficient (Wildman–Crippen LogP) is 3.48. The first kappa shape index (κ1) is 35.5. The van der Waals surface area contributed by atoms with Crippen molar-refractivity contribution in [2.75, 3.05) is 69.3 Å². The molecule has 1 N–H and O–H groups in total. The van der Waals surface area contributed by atoms with Gasteiger partial charge in [0.2, 0.25) is 6.54 Å². The number of fused-ring (bicyclic) bond motifs is 2. The summed E-state index contributed by atoms with van der Waals surface area (Å²) in [7, 11) is 2.12. The van der Waals surface area contributed by atoms with E-state index < -0.39 is 0 Å². The Hall–Kier alpha value is -3.39. The van der Waals surface area contributed by atoms with Crippen LogP contribution in [0.3, 0.4) is 0 Å². The van der Waals surface area contributed by atoms with Gasteiger partial charge >= 0.3 is 6.01 Å². The normalized spacial score (nSPS) is 19.3. The number of likely N-dealkylation sites (tertiary alicyclic amines) is 1. The lowest BCUT2D eigenvalue weighted by Gasteiger charge is -2.40. The fourth-order valence-corrected chi connectivity index (χ4v) is 6.86. The van der Waals surface area contributed by atoms with Gasteiger partial charge in [0.25, 0.3) is 5.91 Å². The molecule has 1 amide bonds. The standard InChI is InChI=1S/C33H36ClN7O3.2H2S/c1-35-19-25-20-40(16-17-41(25)30(43)12-6-18-42)32-26-13-15-39(29-11-4-8-23-7-3-10-27(34)31(23)29)21-28(26)36-33(37-32)44-22-24-9-5-14-38(24)2;;/h3-4,7-8,10-11,24-25,42H,5,9,13-22H2,2H3;2*1H2/t24-,25-;;/m0../s1. The second-order valence-electron chi connectivity index (χ2n) is 11.5. The van der Waals surface area contributed by atoms with Crippen molar-refractivity contribution in [3.8, 4) is 17.9 Å². The summed E-state index contributed by atoms with van der Waals surface area (Å²) in [5.74, 6) is 5.37. The Balaban J connectivity index is 0.00000240. The molecule has 3 aliphatic heterocycles. The molecule has 0 radical (unpaired) electrons. The Morgan fingerprint density at radius 2 is 1.91 bits per heavy atom. The number of hydrogen-bond acceptors (Lipinski definition) is 8. The van der Waals surface area contributed by atoms with Crippen molar-refractivity contribution in [1.82, 2.24) is 19.8 Å². The molecule has 13 heteroatoms. The highest BCUT2D eigenvalue weighted by Crippen LogP contribution is 2.37. The van der Waals surface area contributed by atoms with E-state index in [0.717, 1.165) is 70.9 Å². The third-order valence-electron chi connectivity index (χ3n) is 8.89. The summed E-state index contributed by atoms with van der Waals surface area (Å²) in [5.41, 5.74) is 3.05. The summed E-state index contributed by atoms with van der Waals surface area (Å²) in [6, 6.07) is 12.6. The number of benzene rings is 2. The molecule has 0 spiro atoms. The largest absolute Gasteiger partial charge is 0.462 e. The molecule has 0 saturated carbocycles. The Morgan fingerprint density at radius 1 is 1.11 bits per heavy atom. The van der Waals surface area contributed by atoms with E-state index in [9.17, 15) is 4.79 Å². The van der Waals surface area contributed by atoms with Crippen LogP contribution in [0.15, 0.2) is 36.4 Å². The average Bonchev–Trinajstić information content (AvgIpc) is 3.46. The minimum Gasteiger partial charge on any atom is -0.462 e. The SMILES string of the molecule is S.S.[C-]#[N+]C[C@H]1CN(c2nc(OC[C@@H]3CCCN3C)nc3c2CCN(c2cccc4cccc(Cl)c24)C3)CCN1C(=O)C#CCO. The molecule has 0 unspecified atom stereocenters. The van der Waals surface area contributed by atoms with E-state index in [1.807, 2.05) is 12.1 Å². The van der Waals surface area contributed by atoms with Gasteiger partial charge in [-0.25, -0.2) is 6.57 Å². The molecule has 2 fully saturated rings. The summed E-state index contributed by atoms with van der Waals surface area (Å²) in [6.07, 6.45) is 2.96. The average molecular weight is 682 g/mol. The van der Waals surface area contributed by atoms with E-state index >= 15 is 0 Å². The van der Waals surface area contributed by atoms with Gasteiger partial charge in [-0.15, -0.1) is 0 Å². The van der Waals surface area contributed by atoms with Gasteiger partial charge in [0.15, 0.2) is 0 Å². The molecule has 3 aromatic rings. The zero-order valence-electron chi connectivity index (χ0n) is 25.9. The molecule has 2 atom stereocenters. The zero-order valence-corrected chi connectivity index (χ0v) is 28.6. The number of amides is 1. The van der Waals surface area contributed by atoms with Crippen LogP contribution in [0.4, 0.5) is 11.5 Å². The van der Waals surface area contributed by atoms with Crippen LogP contribution < -0.4 is 14.5 Å². The van der Waals surface area contributed by atoms with Crippen molar-refractivity contribution in [1.29, 1.82) is 0 Å². The highest BCUT2D eigenvalue weighted by atomic mass is 35.5. The maximum absolute atomic E-state index is 12.8. The van der Waals surface area contributed by atoms with Crippen molar-refractivity contribution in [3.05, 3.63) is 64.1 Å². The van der Waals surface area contributed by atoms with Gasteiger partial charge in [0, 0.05) is 48.9 Å². The van der Waals surface area contributed by atoms with Crippen LogP contribution in [-0.2, 0) is 17.8 Å². The highest BCUT2D eigenvalue weighted by molar-refractivity contribution is 7.59. The lowest BCUT2D eigenvalue weighted by molar-refractivity contribution is -0.127. The smallest absolute Gasteiger partial charge is 0.318 e. The number of nitrogens with zero attached hydrogens (tertiary/aromatic N) is 7. The fraction of sp³-hybridized carbons (Fsp3) is 0.455. The molecule has 0 aliphatic carbocycles. The first-order valence-corrected chi connectivity index (χ1v) is 15.5. The number of hydrogen-bond donors (Lipinski definition) is 1. The lowest BCUT2D eigenvalue weighted by Crippen LogP contribution is -2.56. The van der Waals surface area contributed by atoms with Crippen LogP contribution in [0.5, 0.6) is 6.01 Å². The van der Waals surface area contributed by atoms with Gasteiger partial charge in [-0.2, -0.15) is 37.0 Å². The Kier molecular flexibility index (Phi) is 12.3. The topological polar surface area (TPSA) is 89.6 Å². The molecule has 6 rings (SSSR count). The van der Waals surface area contributed by atoms with Crippen molar-refractivity contribution < 1.29 is 14.6 Å². The van der Waals surface area contributed by atoms with Crippen LogP contribution in [0.1, 0.15) is 24.1 Å². The number of carbonyl (C=O) groups is 1. The summed E-state index contributed by atoms with van der Waals surface area (Å²) >= 11 is 6.70. The van der Waals surface area contributed by atoms with E-state index in [-0.39, 0.29) is 52.1 Å². The van der Waals surface area contributed by atoms with Crippen LogP contribution in [0.2, 0.25) is 5.02 Å². The van der Waals surface area contributed by atoms with E-state index in [2.05, 4.69) is 62.7 Å². The molecule has 1 aromatic heterocycles. The number of anilines is 2. The molecular formula is C33H40ClN7O3S2. The van der Waals surface area contributed by atoms with Crippen molar-refractivity contribution in [3.63, 3.8) is 0 Å². The minimum absolute atomic E-state index is 0. The Morgan fingerprint density at radius 3 is 2.65 bits per heavy atom. The van der Waals surface area contributed by atoms with Gasteiger partial charge in [-0.3, -0.25) is 4.79 Å². The second kappa shape index (κ2) is 15.9. The maximum Gasteiger partial charge on any atom is 0.318 e. The van der Waals surface area contributed by atoms with Crippen LogP contribution >= 0.6 is 38.6 Å². The monoisotopic (exact) mass is 681 g/mol. The predicted molar refractivity (Wildman–Crippen MR) is 192 cm³/mol. The first-order valence-electron chi connectivity index (χ1n) is 15.1. The molecule has 4 heterocycles. The number of piperazine rings is 1. The van der Waals surface area contributed by atoms with Crippen molar-refractivity contribution in [2.45, 2.75) is 37.9 Å². The molecule has 10 nitrogen and oxygen atoms in total. The van der Waals surface area contributed by atoms with E-state index in [4.69, 9.17) is 38.0 Å². The fourth-order valence-electron chi connectivity index (χ4n) is 6.58. The number of ether oxygens (including phenoxy) is 1. The zero-order chi connectivity index (χ0) is 30.6. The van der Waals surface area contributed by atoms with Crippen molar-refractivity contribution >= 4 is 66.8 Å². The van der Waals surface area contributed by atoms with Crippen LogP contribution in [0.25, 0.3) is 15.6 Å². The van der Waals surface area contributed by atoms with E-state index in [0.29, 0.717) is 44.8 Å². The second-order valence-corrected chi connectivity index (χ2v) is 11.9. The third-order valence-corrected chi connectivity index (χ3v) is 9.21. The molecule has 244 valence electrons. The van der Waals surface area contributed by atoms with E-state index in [1.54, 1.807) is 4.90 Å². The molecule has 46 heavy (non-hydrogen) atoms. The van der Waals surface area contributed by atoms with Crippen LogP contribution in [-0.4, -0.2) is 102 Å². The molecule has 2 saturated heterocycles. The van der Waals surface area contributed by atoms with Gasteiger partial charge in [-0.1, -0.05) is 41.8 Å². The van der Waals surface area contributed by atoms with Gasteiger partial charge in [0.1, 0.15) is 25.1 Å². The van der Waals surface area contributed by atoms with Crippen LogP contribution in [0, 0.1) is 18.4 Å². The number of carbonyl (C=O) groups excluding carboxylic acids is 1. The number of aliphatic hydroxyl groups is 1. The Labute approximate surface area is 289 Å². The van der Waals surface area contributed by atoms with E-state index in [1.165, 1.54) is 0 Å². The number of aromatic nitrogens is 2. The summed E-state index contributed by atoms with van der Waals surface area (Å²) < 4.78 is 6.28. The number of likely N-dealkylation sites (N-methyl/N-ethyl adjacent to an activating group) is 1. The lowest BCUT2D eigenvalue weighted by atomic mass is 10.0. The number of aliphatic hydroxyl groups excluding tert-OH is 1. The Bertz CT molecular complexity index is 1650. The molecule has 0 bridgehead atoms. The third kappa shape index (κ3) is 7.43. The number of halogens is 1. The van der Waals surface area contributed by atoms with Crippen molar-refractivity contribution in [2.24, 2.45) is 0 Å². The molecule has 3 aliphatic rings. The summed E-state index contributed by atoms with van der Waals surface area (Å²) in [6.45, 7) is 11.6. The maximum atomic E-state index is 12.8. The number of rotatable bonds is 6. The molecular weight excluding hydrogens is 642 g/mol. The quantitative estimate of drug-likeness (QED) is 0.313. The van der Waals surface area contributed by atoms with Gasteiger partial charge in [-0.05, 0) is 56.3 Å². The summed E-state index contributed by atoms with van der Waals surface area (Å²) in [5, 5.41) is 11.9. The highest BCUT2D eigenvalue weighted by Gasteiger charge is 2.35. The first-order chi connectivity index (χ1) is 21.5. The van der Waals surface area contributed by atoms with Gasteiger partial charge < -0.3 is 34.3 Å². The molecule has 2 aromatic carbocycles. The van der Waals surface area contributed by atoms with Gasteiger partial charge in [0.05, 0.1) is 17.3 Å². The minimum atomic E-state index is -0.381.